The first kappa shape index (κ1) is 11.9. The van der Waals surface area contributed by atoms with Crippen LogP contribution < -0.4 is 16.8 Å². The Balaban J connectivity index is 3.85. The van der Waals surface area contributed by atoms with Crippen LogP contribution in [-0.2, 0) is 4.79 Å². The second-order valence-electron chi connectivity index (χ2n) is 2.95. The Morgan fingerprint density at radius 3 is 2.69 bits per heavy atom. The van der Waals surface area contributed by atoms with Gasteiger partial charge in [0.25, 0.3) is 0 Å². The molecule has 0 aromatic heterocycles. The third kappa shape index (κ3) is 5.23. The monoisotopic (exact) mass is 183 g/mol. The van der Waals surface area contributed by atoms with E-state index in [1.54, 1.807) is 6.92 Å². The molecule has 0 aliphatic heterocycles. The minimum absolute atomic E-state index is 0.222. The smallest absolute Gasteiger partial charge is 0.237 e. The Labute approximate surface area is 79.0 Å². The summed E-state index contributed by atoms with van der Waals surface area (Å²) in [7, 11) is 0. The number of rotatable bonds is 5. The highest BCUT2D eigenvalue weighted by atomic mass is 16.2. The topological polar surface area (TPSA) is 81.1 Å². The average molecular weight is 183 g/mol. The van der Waals surface area contributed by atoms with Crippen LogP contribution >= 0.6 is 0 Å². The summed E-state index contributed by atoms with van der Waals surface area (Å²) in [5.41, 5.74) is 10.7. The second kappa shape index (κ2) is 6.46. The van der Waals surface area contributed by atoms with Gasteiger partial charge in [0.2, 0.25) is 5.91 Å². The maximum atomic E-state index is 11.1. The highest BCUT2D eigenvalue weighted by Gasteiger charge is 2.11. The molecule has 0 aliphatic carbocycles. The van der Waals surface area contributed by atoms with Crippen LogP contribution in [-0.4, -0.2) is 24.5 Å². The van der Waals surface area contributed by atoms with Gasteiger partial charge in [0.15, 0.2) is 0 Å². The van der Waals surface area contributed by atoms with E-state index in [0.717, 1.165) is 6.42 Å². The number of amides is 1. The van der Waals surface area contributed by atoms with Crippen LogP contribution in [0.3, 0.4) is 0 Å². The molecule has 5 N–H and O–H groups in total. The first-order valence-electron chi connectivity index (χ1n) is 4.34. The van der Waals surface area contributed by atoms with Gasteiger partial charge in [-0.15, -0.1) is 6.42 Å². The summed E-state index contributed by atoms with van der Waals surface area (Å²) in [6.45, 7) is 2.19. The van der Waals surface area contributed by atoms with Gasteiger partial charge in [-0.05, 0) is 26.3 Å². The average Bonchev–Trinajstić information content (AvgIpc) is 2.11. The second-order valence-corrected chi connectivity index (χ2v) is 2.95. The molecule has 0 radical (unpaired) electrons. The van der Waals surface area contributed by atoms with Gasteiger partial charge in [-0.2, -0.15) is 0 Å². The van der Waals surface area contributed by atoms with Crippen LogP contribution in [0.5, 0.6) is 0 Å². The molecule has 0 fully saturated rings. The van der Waals surface area contributed by atoms with Crippen molar-refractivity contribution in [2.75, 3.05) is 6.54 Å². The molecule has 0 saturated heterocycles. The minimum atomic E-state index is -0.520. The molecular weight excluding hydrogens is 166 g/mol. The molecule has 0 aliphatic rings. The van der Waals surface area contributed by atoms with Crippen molar-refractivity contribution in [1.29, 1.82) is 0 Å². The lowest BCUT2D eigenvalue weighted by Gasteiger charge is -2.13. The fourth-order valence-electron chi connectivity index (χ4n) is 0.822. The van der Waals surface area contributed by atoms with E-state index < -0.39 is 6.04 Å². The van der Waals surface area contributed by atoms with Crippen LogP contribution in [0.4, 0.5) is 0 Å². The molecular formula is C9H17N3O. The van der Waals surface area contributed by atoms with Crippen LogP contribution in [0.25, 0.3) is 0 Å². The molecule has 4 nitrogen and oxygen atoms in total. The molecule has 0 aromatic rings. The number of hydrogen-bond acceptors (Lipinski definition) is 3. The highest BCUT2D eigenvalue weighted by molar-refractivity contribution is 5.81. The SMILES string of the molecule is C#CC(CCCN)NC(=O)C(C)N. The zero-order valence-electron chi connectivity index (χ0n) is 7.92. The number of carbonyl (C=O) groups is 1. The van der Waals surface area contributed by atoms with Gasteiger partial charge in [0.05, 0.1) is 12.1 Å². The molecule has 0 aromatic carbocycles. The van der Waals surface area contributed by atoms with Crippen molar-refractivity contribution in [3.05, 3.63) is 0 Å². The first-order chi connectivity index (χ1) is 6.11. The molecule has 0 spiro atoms. The van der Waals surface area contributed by atoms with Gasteiger partial charge in [0, 0.05) is 0 Å². The molecule has 2 atom stereocenters. The quantitative estimate of drug-likeness (QED) is 0.488. The van der Waals surface area contributed by atoms with E-state index in [9.17, 15) is 4.79 Å². The zero-order chi connectivity index (χ0) is 10.3. The summed E-state index contributed by atoms with van der Waals surface area (Å²) >= 11 is 0. The molecule has 13 heavy (non-hydrogen) atoms. The highest BCUT2D eigenvalue weighted by Crippen LogP contribution is 1.94. The van der Waals surface area contributed by atoms with Crippen LogP contribution in [0.1, 0.15) is 19.8 Å². The summed E-state index contributed by atoms with van der Waals surface area (Å²) in [6.07, 6.45) is 6.72. The van der Waals surface area contributed by atoms with Gasteiger partial charge in [-0.3, -0.25) is 4.79 Å². The van der Waals surface area contributed by atoms with Crippen LogP contribution in [0.2, 0.25) is 0 Å². The van der Waals surface area contributed by atoms with Crippen molar-refractivity contribution in [3.63, 3.8) is 0 Å². The predicted molar refractivity (Wildman–Crippen MR) is 52.7 cm³/mol. The van der Waals surface area contributed by atoms with E-state index in [2.05, 4.69) is 11.2 Å². The number of terminal acetylenes is 1. The Hall–Kier alpha value is -1.05. The van der Waals surface area contributed by atoms with Crippen molar-refractivity contribution < 1.29 is 4.79 Å². The standard InChI is InChI=1S/C9H17N3O/c1-3-8(5-4-6-10)12-9(13)7(2)11/h1,7-8H,4-6,10-11H2,2H3,(H,12,13). The van der Waals surface area contributed by atoms with Gasteiger partial charge >= 0.3 is 0 Å². The fraction of sp³-hybridized carbons (Fsp3) is 0.667. The summed E-state index contributed by atoms with van der Waals surface area (Å²) in [5.74, 6) is 2.26. The summed E-state index contributed by atoms with van der Waals surface area (Å²) in [5, 5.41) is 2.65. The minimum Gasteiger partial charge on any atom is -0.341 e. The largest absolute Gasteiger partial charge is 0.341 e. The van der Waals surface area contributed by atoms with Crippen LogP contribution in [0.15, 0.2) is 0 Å². The fourth-order valence-corrected chi connectivity index (χ4v) is 0.822. The molecule has 4 heteroatoms. The molecule has 1 amide bonds. The molecule has 0 rings (SSSR count). The Kier molecular flexibility index (Phi) is 5.94. The van der Waals surface area contributed by atoms with E-state index in [-0.39, 0.29) is 11.9 Å². The number of nitrogens with two attached hydrogens (primary N) is 2. The summed E-state index contributed by atoms with van der Waals surface area (Å²) in [6, 6.07) is -0.768. The lowest BCUT2D eigenvalue weighted by atomic mass is 10.1. The van der Waals surface area contributed by atoms with Crippen LogP contribution in [0, 0.1) is 12.3 Å². The number of hydrogen-bond donors (Lipinski definition) is 3. The molecule has 0 heterocycles. The van der Waals surface area contributed by atoms with Crippen molar-refractivity contribution in [2.45, 2.75) is 31.8 Å². The lowest BCUT2D eigenvalue weighted by molar-refractivity contribution is -0.122. The molecule has 0 saturated carbocycles. The third-order valence-corrected chi connectivity index (χ3v) is 1.63. The van der Waals surface area contributed by atoms with Gasteiger partial charge in [0.1, 0.15) is 0 Å². The maximum Gasteiger partial charge on any atom is 0.237 e. The molecule has 2 unspecified atom stereocenters. The number of nitrogens with one attached hydrogen (secondary N) is 1. The zero-order valence-corrected chi connectivity index (χ0v) is 7.92. The van der Waals surface area contributed by atoms with E-state index in [4.69, 9.17) is 17.9 Å². The number of carbonyl (C=O) groups excluding carboxylic acids is 1. The summed E-state index contributed by atoms with van der Waals surface area (Å²) < 4.78 is 0. The Bertz CT molecular complexity index is 196. The maximum absolute atomic E-state index is 11.1. The predicted octanol–water partition coefficient (Wildman–Crippen LogP) is -0.809. The molecule has 74 valence electrons. The summed E-state index contributed by atoms with van der Waals surface area (Å²) in [4.78, 5) is 11.1. The van der Waals surface area contributed by atoms with Gasteiger partial charge in [-0.25, -0.2) is 0 Å². The van der Waals surface area contributed by atoms with E-state index >= 15 is 0 Å². The normalized spacial score (nSPS) is 14.3. The van der Waals surface area contributed by atoms with Crippen molar-refractivity contribution in [2.24, 2.45) is 11.5 Å². The van der Waals surface area contributed by atoms with E-state index in [0.29, 0.717) is 13.0 Å². The Morgan fingerprint density at radius 1 is 1.69 bits per heavy atom. The first-order valence-corrected chi connectivity index (χ1v) is 4.34. The van der Waals surface area contributed by atoms with E-state index in [1.165, 1.54) is 0 Å². The Morgan fingerprint density at radius 2 is 2.31 bits per heavy atom. The van der Waals surface area contributed by atoms with Crippen molar-refractivity contribution in [3.8, 4) is 12.3 Å². The van der Waals surface area contributed by atoms with E-state index in [1.807, 2.05) is 0 Å². The third-order valence-electron chi connectivity index (χ3n) is 1.63. The van der Waals surface area contributed by atoms with Gasteiger partial charge in [-0.1, -0.05) is 5.92 Å². The lowest BCUT2D eigenvalue weighted by Crippen LogP contribution is -2.43. The molecule has 0 bridgehead atoms. The van der Waals surface area contributed by atoms with Crippen molar-refractivity contribution in [1.82, 2.24) is 5.32 Å². The van der Waals surface area contributed by atoms with Crippen molar-refractivity contribution >= 4 is 5.91 Å². The van der Waals surface area contributed by atoms with Gasteiger partial charge < -0.3 is 16.8 Å².